The van der Waals surface area contributed by atoms with Gasteiger partial charge >= 0.3 is 0 Å². The van der Waals surface area contributed by atoms with Crippen molar-refractivity contribution in [3.8, 4) is 0 Å². The first-order chi connectivity index (χ1) is 15.5. The van der Waals surface area contributed by atoms with Gasteiger partial charge in [-0.25, -0.2) is 4.98 Å². The van der Waals surface area contributed by atoms with Crippen molar-refractivity contribution in [2.75, 3.05) is 47.9 Å². The number of amides is 1. The van der Waals surface area contributed by atoms with Crippen molar-refractivity contribution in [3.05, 3.63) is 35.5 Å². The summed E-state index contributed by atoms with van der Waals surface area (Å²) in [6, 6.07) is 8.16. The van der Waals surface area contributed by atoms with Crippen LogP contribution in [0.2, 0.25) is 0 Å². The van der Waals surface area contributed by atoms with Crippen LogP contribution in [0, 0.1) is 12.8 Å². The lowest BCUT2D eigenvalue weighted by Gasteiger charge is -2.33. The summed E-state index contributed by atoms with van der Waals surface area (Å²) < 4.78 is 0. The second-order valence-corrected chi connectivity index (χ2v) is 8.88. The van der Waals surface area contributed by atoms with E-state index in [2.05, 4.69) is 32.2 Å². The Morgan fingerprint density at radius 3 is 2.28 bits per heavy atom. The van der Waals surface area contributed by atoms with E-state index in [0.717, 1.165) is 63.2 Å². The molecule has 1 aromatic carbocycles. The van der Waals surface area contributed by atoms with Gasteiger partial charge in [0.1, 0.15) is 11.4 Å². The summed E-state index contributed by atoms with van der Waals surface area (Å²) in [6.45, 7) is 5.85. The molecule has 0 aliphatic carbocycles. The van der Waals surface area contributed by atoms with Gasteiger partial charge < -0.3 is 26.0 Å². The molecular formula is C24H34N6O2. The summed E-state index contributed by atoms with van der Waals surface area (Å²) >= 11 is 0. The monoisotopic (exact) mass is 438 g/mol. The molecule has 0 atom stereocenters. The highest BCUT2D eigenvalue weighted by molar-refractivity contribution is 5.99. The number of nitrogens with one attached hydrogen (secondary N) is 1. The van der Waals surface area contributed by atoms with Crippen LogP contribution < -0.4 is 20.9 Å². The number of nitrogens with two attached hydrogens (primary N) is 1. The number of aliphatic hydroxyl groups excluding tert-OH is 1. The van der Waals surface area contributed by atoms with Crippen molar-refractivity contribution in [1.82, 2.24) is 9.97 Å². The number of hydrogen-bond donors (Lipinski definition) is 3. The maximum Gasteiger partial charge on any atom is 0.254 e. The van der Waals surface area contributed by atoms with Crippen LogP contribution in [0.5, 0.6) is 0 Å². The standard InChI is InChI=1S/C24H34N6O2/c1-17-21(22(25)32)23(28-24(26-17)30-12-4-2-3-5-13-30)27-19-6-8-20(9-7-19)29-14-10-18(16-31)11-15-29/h6-9,18,31H,2-5,10-16H2,1H3,(H2,25,32)(H,26,27,28). The van der Waals surface area contributed by atoms with E-state index in [4.69, 9.17) is 10.7 Å². The molecule has 4 N–H and O–H groups in total. The average molecular weight is 439 g/mol. The van der Waals surface area contributed by atoms with Crippen LogP contribution in [-0.2, 0) is 0 Å². The van der Waals surface area contributed by atoms with Crippen molar-refractivity contribution >= 4 is 29.0 Å². The van der Waals surface area contributed by atoms with E-state index in [1.165, 1.54) is 12.8 Å². The van der Waals surface area contributed by atoms with Crippen molar-refractivity contribution in [2.24, 2.45) is 11.7 Å². The Kier molecular flexibility index (Phi) is 7.09. The van der Waals surface area contributed by atoms with E-state index in [1.54, 1.807) is 0 Å². The van der Waals surface area contributed by atoms with Gasteiger partial charge in [-0.1, -0.05) is 12.8 Å². The Bertz CT molecular complexity index is 917. The number of piperidine rings is 1. The second-order valence-electron chi connectivity index (χ2n) is 8.88. The Morgan fingerprint density at radius 2 is 1.69 bits per heavy atom. The molecule has 0 radical (unpaired) electrons. The van der Waals surface area contributed by atoms with Crippen LogP contribution in [0.1, 0.15) is 54.6 Å². The van der Waals surface area contributed by atoms with Crippen molar-refractivity contribution in [3.63, 3.8) is 0 Å². The van der Waals surface area contributed by atoms with Crippen LogP contribution in [0.3, 0.4) is 0 Å². The highest BCUT2D eigenvalue weighted by Gasteiger charge is 2.21. The maximum atomic E-state index is 12.2. The molecule has 8 nitrogen and oxygen atoms in total. The summed E-state index contributed by atoms with van der Waals surface area (Å²) in [5, 5.41) is 12.7. The fourth-order valence-electron chi connectivity index (χ4n) is 4.62. The molecule has 8 heteroatoms. The third-order valence-electron chi connectivity index (χ3n) is 6.58. The predicted octanol–water partition coefficient (Wildman–Crippen LogP) is 3.22. The molecule has 1 aromatic heterocycles. The molecule has 0 unspecified atom stereocenters. The smallest absolute Gasteiger partial charge is 0.254 e. The first-order valence-corrected chi connectivity index (χ1v) is 11.7. The molecule has 2 saturated heterocycles. The van der Waals surface area contributed by atoms with Gasteiger partial charge in [0.2, 0.25) is 5.95 Å². The predicted molar refractivity (Wildman–Crippen MR) is 128 cm³/mol. The molecule has 2 fully saturated rings. The number of carbonyl (C=O) groups is 1. The van der Waals surface area contributed by atoms with Crippen molar-refractivity contribution in [1.29, 1.82) is 0 Å². The second kappa shape index (κ2) is 10.2. The summed E-state index contributed by atoms with van der Waals surface area (Å²) in [4.78, 5) is 26.0. The number of primary amides is 1. The van der Waals surface area contributed by atoms with Gasteiger partial charge in [-0.15, -0.1) is 0 Å². The lowest BCUT2D eigenvalue weighted by Crippen LogP contribution is -2.34. The van der Waals surface area contributed by atoms with E-state index in [-0.39, 0.29) is 6.61 Å². The van der Waals surface area contributed by atoms with E-state index in [0.29, 0.717) is 28.9 Å². The minimum atomic E-state index is -0.532. The number of benzene rings is 1. The van der Waals surface area contributed by atoms with Gasteiger partial charge in [0.25, 0.3) is 5.91 Å². The summed E-state index contributed by atoms with van der Waals surface area (Å²) in [5.74, 6) is 0.996. The third kappa shape index (κ3) is 5.12. The van der Waals surface area contributed by atoms with E-state index in [1.807, 2.05) is 19.1 Å². The number of carbonyl (C=O) groups excluding carboxylic acids is 1. The number of aromatic nitrogens is 2. The molecule has 0 spiro atoms. The summed E-state index contributed by atoms with van der Waals surface area (Å²) in [6.07, 6.45) is 6.73. The zero-order valence-electron chi connectivity index (χ0n) is 18.9. The summed E-state index contributed by atoms with van der Waals surface area (Å²) in [5.41, 5.74) is 8.60. The molecule has 1 amide bonds. The molecule has 0 bridgehead atoms. The first kappa shape index (κ1) is 22.3. The minimum Gasteiger partial charge on any atom is -0.396 e. The largest absolute Gasteiger partial charge is 0.396 e. The molecule has 3 heterocycles. The molecule has 4 rings (SSSR count). The van der Waals surface area contributed by atoms with Crippen LogP contribution in [0.25, 0.3) is 0 Å². The lowest BCUT2D eigenvalue weighted by molar-refractivity contribution is 0.1000. The molecule has 2 aliphatic heterocycles. The Morgan fingerprint density at radius 1 is 1.03 bits per heavy atom. The quantitative estimate of drug-likeness (QED) is 0.635. The average Bonchev–Trinajstić information content (AvgIpc) is 3.09. The van der Waals surface area contributed by atoms with Gasteiger partial charge in [-0.2, -0.15) is 4.98 Å². The van der Waals surface area contributed by atoms with E-state index in [9.17, 15) is 9.90 Å². The normalized spacial score (nSPS) is 17.8. The highest BCUT2D eigenvalue weighted by atomic mass is 16.3. The Balaban J connectivity index is 1.54. The maximum absolute atomic E-state index is 12.2. The molecular weight excluding hydrogens is 404 g/mol. The van der Waals surface area contributed by atoms with E-state index < -0.39 is 5.91 Å². The number of anilines is 4. The first-order valence-electron chi connectivity index (χ1n) is 11.7. The zero-order chi connectivity index (χ0) is 22.5. The topological polar surface area (TPSA) is 108 Å². The van der Waals surface area contributed by atoms with Crippen molar-refractivity contribution in [2.45, 2.75) is 45.4 Å². The minimum absolute atomic E-state index is 0.274. The highest BCUT2D eigenvalue weighted by Crippen LogP contribution is 2.28. The van der Waals surface area contributed by atoms with Gasteiger partial charge in [0.05, 0.1) is 5.69 Å². The summed E-state index contributed by atoms with van der Waals surface area (Å²) in [7, 11) is 0. The number of nitrogens with zero attached hydrogens (tertiary/aromatic N) is 4. The molecule has 0 saturated carbocycles. The third-order valence-corrected chi connectivity index (χ3v) is 6.58. The van der Waals surface area contributed by atoms with Gasteiger partial charge in [0, 0.05) is 44.2 Å². The van der Waals surface area contributed by atoms with Gasteiger partial charge in [0.15, 0.2) is 0 Å². The SMILES string of the molecule is Cc1nc(N2CCCCCC2)nc(Nc2ccc(N3CCC(CO)CC3)cc2)c1C(N)=O. The van der Waals surface area contributed by atoms with Crippen LogP contribution in [-0.4, -0.2) is 53.8 Å². The molecule has 2 aromatic rings. The Hall–Kier alpha value is -2.87. The van der Waals surface area contributed by atoms with Gasteiger partial charge in [-0.3, -0.25) is 4.79 Å². The van der Waals surface area contributed by atoms with Gasteiger partial charge in [-0.05, 0) is 62.8 Å². The molecule has 32 heavy (non-hydrogen) atoms. The number of aliphatic hydroxyl groups is 1. The lowest BCUT2D eigenvalue weighted by atomic mass is 9.97. The van der Waals surface area contributed by atoms with Crippen LogP contribution in [0.15, 0.2) is 24.3 Å². The molecule has 2 aliphatic rings. The van der Waals surface area contributed by atoms with Crippen LogP contribution >= 0.6 is 0 Å². The fraction of sp³-hybridized carbons (Fsp3) is 0.542. The fourth-order valence-corrected chi connectivity index (χ4v) is 4.62. The zero-order valence-corrected chi connectivity index (χ0v) is 18.9. The number of aryl methyl sites for hydroxylation is 1. The van der Waals surface area contributed by atoms with Crippen LogP contribution in [0.4, 0.5) is 23.1 Å². The molecule has 172 valence electrons. The van der Waals surface area contributed by atoms with Crippen molar-refractivity contribution < 1.29 is 9.90 Å². The number of rotatable bonds is 6. The Labute approximate surface area is 189 Å². The van der Waals surface area contributed by atoms with E-state index >= 15 is 0 Å². The number of hydrogen-bond acceptors (Lipinski definition) is 7.